The minimum Gasteiger partial charge on any atom is -0.381 e. The molecule has 0 bridgehead atoms. The third-order valence-corrected chi connectivity index (χ3v) is 5.21. The van der Waals surface area contributed by atoms with Crippen molar-refractivity contribution in [1.29, 1.82) is 0 Å². The molecule has 3 aliphatic rings. The number of allylic oxidation sites excluding steroid dienone is 1. The summed E-state index contributed by atoms with van der Waals surface area (Å²) in [5.74, 6) is -2.28. The van der Waals surface area contributed by atoms with Crippen molar-refractivity contribution in [2.45, 2.75) is 37.3 Å². The smallest absolute Gasteiger partial charge is 0.220 e. The van der Waals surface area contributed by atoms with Gasteiger partial charge in [0.05, 0.1) is 6.61 Å². The van der Waals surface area contributed by atoms with Gasteiger partial charge in [0.25, 0.3) is 0 Å². The highest BCUT2D eigenvalue weighted by atomic mass is 16.6. The molecule has 0 radical (unpaired) electrons. The molecule has 0 unspecified atom stereocenters. The van der Waals surface area contributed by atoms with E-state index in [0.29, 0.717) is 11.1 Å². The molecule has 20 heavy (non-hydrogen) atoms. The summed E-state index contributed by atoms with van der Waals surface area (Å²) in [4.78, 5) is 12.0. The molecule has 0 aromatic carbocycles. The number of hydrogen-bond donors (Lipinski definition) is 3. The van der Waals surface area contributed by atoms with Gasteiger partial charge in [-0.1, -0.05) is 19.6 Å². The first-order chi connectivity index (χ1) is 9.07. The lowest BCUT2D eigenvalue weighted by Gasteiger charge is -2.53. The number of hydrogen-bond acceptors (Lipinski definition) is 5. The molecule has 0 spiro atoms. The van der Waals surface area contributed by atoms with Crippen LogP contribution in [0.15, 0.2) is 36.0 Å². The Bertz CT molecular complexity index is 587. The van der Waals surface area contributed by atoms with Crippen LogP contribution in [0.25, 0.3) is 0 Å². The van der Waals surface area contributed by atoms with Crippen molar-refractivity contribution in [2.75, 3.05) is 6.61 Å². The molecule has 0 aromatic heterocycles. The topological polar surface area (TPSA) is 87.0 Å². The van der Waals surface area contributed by atoms with Gasteiger partial charge < -0.3 is 20.1 Å². The number of ether oxygens (including phenoxy) is 1. The molecule has 2 aliphatic carbocycles. The average molecular weight is 278 g/mol. The quantitative estimate of drug-likeness (QED) is 0.552. The minimum atomic E-state index is -1.86. The third kappa shape index (κ3) is 1.29. The van der Waals surface area contributed by atoms with Crippen LogP contribution >= 0.6 is 0 Å². The number of rotatable bonds is 0. The van der Waals surface area contributed by atoms with E-state index in [2.05, 4.69) is 6.58 Å². The van der Waals surface area contributed by atoms with Gasteiger partial charge in [0.15, 0.2) is 5.78 Å². The Morgan fingerprint density at radius 2 is 1.90 bits per heavy atom. The minimum absolute atomic E-state index is 0.0344. The van der Waals surface area contributed by atoms with E-state index in [9.17, 15) is 20.1 Å². The van der Waals surface area contributed by atoms with E-state index in [-0.39, 0.29) is 13.0 Å². The summed E-state index contributed by atoms with van der Waals surface area (Å²) < 4.78 is 5.28. The summed E-state index contributed by atoms with van der Waals surface area (Å²) in [5, 5.41) is 31.9. The van der Waals surface area contributed by atoms with E-state index in [1.54, 1.807) is 13.0 Å². The van der Waals surface area contributed by atoms with Crippen molar-refractivity contribution in [1.82, 2.24) is 0 Å². The number of carbonyl (C=O) groups is 1. The van der Waals surface area contributed by atoms with Crippen LogP contribution in [-0.2, 0) is 9.53 Å². The van der Waals surface area contributed by atoms with Crippen LogP contribution < -0.4 is 0 Å². The second kappa shape index (κ2) is 3.49. The van der Waals surface area contributed by atoms with Crippen molar-refractivity contribution in [2.24, 2.45) is 5.41 Å². The first-order valence-electron chi connectivity index (χ1n) is 6.52. The monoisotopic (exact) mass is 278 g/mol. The average Bonchev–Trinajstić information content (AvgIpc) is 2.57. The van der Waals surface area contributed by atoms with Gasteiger partial charge in [-0.3, -0.25) is 4.79 Å². The fraction of sp³-hybridized carbons (Fsp3) is 0.533. The number of carbonyl (C=O) groups excluding carboxylic acids is 1. The molecule has 1 aliphatic heterocycles. The maximum Gasteiger partial charge on any atom is 0.220 e. The van der Waals surface area contributed by atoms with Gasteiger partial charge in [-0.15, -0.1) is 0 Å². The molecule has 0 saturated carbocycles. The van der Waals surface area contributed by atoms with Gasteiger partial charge in [0.1, 0.15) is 11.2 Å². The van der Waals surface area contributed by atoms with Crippen molar-refractivity contribution in [3.63, 3.8) is 0 Å². The summed E-state index contributed by atoms with van der Waals surface area (Å²) in [5.41, 5.74) is -3.47. The van der Waals surface area contributed by atoms with Crippen molar-refractivity contribution < 1.29 is 24.9 Å². The van der Waals surface area contributed by atoms with E-state index in [1.165, 1.54) is 19.1 Å². The lowest BCUT2D eigenvalue weighted by molar-refractivity contribution is -0.238. The van der Waals surface area contributed by atoms with Crippen molar-refractivity contribution >= 4 is 5.78 Å². The van der Waals surface area contributed by atoms with Crippen LogP contribution in [-0.4, -0.2) is 44.7 Å². The Morgan fingerprint density at radius 3 is 2.55 bits per heavy atom. The standard InChI is InChI=1S/C15H18O5/c1-9-7-20-15(19)6-10-4-5-11(16)13(3,17)12(10,2)8-14(9,15)18/h4-6,17-19H,1,7-8H2,2-3H3/t12-,13+,14+,15-/m0/s1. The molecule has 5 heteroatoms. The SMILES string of the molecule is C=C1CO[C@@]2(O)C=C3C=CC(=O)[C@@](C)(O)[C@@]3(C)C[C@@]12O. The lowest BCUT2D eigenvalue weighted by Crippen LogP contribution is -2.63. The molecule has 3 N–H and O–H groups in total. The lowest BCUT2D eigenvalue weighted by atomic mass is 9.55. The van der Waals surface area contributed by atoms with Crippen LogP contribution in [0.4, 0.5) is 0 Å². The van der Waals surface area contributed by atoms with Gasteiger partial charge in [0.2, 0.25) is 5.79 Å². The summed E-state index contributed by atoms with van der Waals surface area (Å²) in [7, 11) is 0. The molecular formula is C15H18O5. The van der Waals surface area contributed by atoms with Gasteiger partial charge in [-0.05, 0) is 36.6 Å². The summed E-state index contributed by atoms with van der Waals surface area (Å²) in [6.45, 7) is 6.90. The van der Waals surface area contributed by atoms with Crippen molar-refractivity contribution in [3.05, 3.63) is 36.0 Å². The fourth-order valence-corrected chi connectivity index (χ4v) is 3.37. The number of aliphatic hydroxyl groups is 3. The molecule has 1 heterocycles. The van der Waals surface area contributed by atoms with E-state index in [4.69, 9.17) is 4.74 Å². The normalized spacial score (nSPS) is 50.8. The Kier molecular flexibility index (Phi) is 2.39. The predicted octanol–water partition coefficient (Wildman–Crippen LogP) is 0.219. The fourth-order valence-electron chi connectivity index (χ4n) is 3.37. The highest BCUT2D eigenvalue weighted by molar-refractivity contribution is 5.99. The van der Waals surface area contributed by atoms with Gasteiger partial charge in [-0.25, -0.2) is 0 Å². The van der Waals surface area contributed by atoms with Crippen LogP contribution in [0.1, 0.15) is 20.3 Å². The Labute approximate surface area is 116 Å². The molecule has 1 fully saturated rings. The van der Waals surface area contributed by atoms with E-state index >= 15 is 0 Å². The second-order valence-corrected chi connectivity index (χ2v) is 6.33. The molecule has 4 atom stereocenters. The Balaban J connectivity index is 2.25. The maximum absolute atomic E-state index is 12.0. The van der Waals surface area contributed by atoms with Gasteiger partial charge in [0, 0.05) is 5.41 Å². The molecule has 3 rings (SSSR count). The van der Waals surface area contributed by atoms with Gasteiger partial charge >= 0.3 is 0 Å². The Morgan fingerprint density at radius 1 is 1.25 bits per heavy atom. The zero-order valence-electron chi connectivity index (χ0n) is 11.5. The molecule has 108 valence electrons. The maximum atomic E-state index is 12.0. The molecule has 0 aromatic rings. The Hall–Kier alpha value is -1.27. The summed E-state index contributed by atoms with van der Waals surface area (Å²) >= 11 is 0. The first kappa shape index (κ1) is 13.7. The molecular weight excluding hydrogens is 260 g/mol. The highest BCUT2D eigenvalue weighted by Crippen LogP contribution is 2.58. The van der Waals surface area contributed by atoms with Crippen LogP contribution in [0.5, 0.6) is 0 Å². The summed E-state index contributed by atoms with van der Waals surface area (Å²) in [6, 6.07) is 0. The van der Waals surface area contributed by atoms with E-state index < -0.39 is 28.2 Å². The summed E-state index contributed by atoms with van der Waals surface area (Å²) in [6.07, 6.45) is 4.18. The molecule has 0 amide bonds. The molecule has 5 nitrogen and oxygen atoms in total. The van der Waals surface area contributed by atoms with Crippen LogP contribution in [0, 0.1) is 5.41 Å². The largest absolute Gasteiger partial charge is 0.381 e. The first-order valence-corrected chi connectivity index (χ1v) is 6.52. The molecule has 1 saturated heterocycles. The van der Waals surface area contributed by atoms with Crippen LogP contribution in [0.3, 0.4) is 0 Å². The second-order valence-electron chi connectivity index (χ2n) is 6.33. The highest BCUT2D eigenvalue weighted by Gasteiger charge is 2.66. The van der Waals surface area contributed by atoms with Crippen LogP contribution in [0.2, 0.25) is 0 Å². The van der Waals surface area contributed by atoms with E-state index in [0.717, 1.165) is 0 Å². The van der Waals surface area contributed by atoms with E-state index in [1.807, 2.05) is 0 Å². The zero-order chi connectivity index (χ0) is 15.0. The van der Waals surface area contributed by atoms with Gasteiger partial charge in [-0.2, -0.15) is 0 Å². The third-order valence-electron chi connectivity index (χ3n) is 5.21. The zero-order valence-corrected chi connectivity index (χ0v) is 11.5. The number of fused-ring (bicyclic) bond motifs is 2. The number of ketones is 1. The van der Waals surface area contributed by atoms with Crippen molar-refractivity contribution in [3.8, 4) is 0 Å². The predicted molar refractivity (Wildman–Crippen MR) is 70.6 cm³/mol.